The molecule has 0 aliphatic heterocycles. The first-order valence-electron chi connectivity index (χ1n) is 6.00. The van der Waals surface area contributed by atoms with E-state index in [4.69, 9.17) is 5.84 Å². The third kappa shape index (κ3) is 3.13. The second-order valence-electron chi connectivity index (χ2n) is 4.36. The second kappa shape index (κ2) is 6.04. The van der Waals surface area contributed by atoms with Crippen LogP contribution in [-0.2, 0) is 6.42 Å². The minimum absolute atomic E-state index is 0.126. The largest absolute Gasteiger partial charge is 0.271 e. The van der Waals surface area contributed by atoms with E-state index in [1.807, 2.05) is 13.8 Å². The summed E-state index contributed by atoms with van der Waals surface area (Å²) in [6.07, 6.45) is 1.98. The average Bonchev–Trinajstić information content (AvgIpc) is 2.87. The van der Waals surface area contributed by atoms with Gasteiger partial charge in [-0.15, -0.1) is 11.3 Å². The molecule has 5 heteroatoms. The lowest BCUT2D eigenvalue weighted by atomic mass is 10.0. The lowest BCUT2D eigenvalue weighted by Crippen LogP contribution is -2.29. The molecule has 0 aliphatic carbocycles. The van der Waals surface area contributed by atoms with Gasteiger partial charge >= 0.3 is 0 Å². The third-order valence-electron chi connectivity index (χ3n) is 2.98. The van der Waals surface area contributed by atoms with E-state index < -0.39 is 0 Å². The fraction of sp³-hybridized carbons (Fsp3) is 0.385. The maximum Gasteiger partial charge on any atom is 0.0648 e. The number of aromatic nitrogens is 2. The molecule has 0 saturated carbocycles. The molecule has 1 atom stereocenters. The molecule has 0 amide bonds. The number of hydrogen-bond donors (Lipinski definition) is 2. The fourth-order valence-corrected chi connectivity index (χ4v) is 2.72. The number of nitrogens with two attached hydrogens (primary N) is 1. The van der Waals surface area contributed by atoms with Crippen LogP contribution in [0.4, 0.5) is 0 Å². The fourth-order valence-electron chi connectivity index (χ4n) is 1.99. The first kappa shape index (κ1) is 13.1. The van der Waals surface area contributed by atoms with E-state index >= 15 is 0 Å². The minimum atomic E-state index is 0.126. The van der Waals surface area contributed by atoms with Gasteiger partial charge in [-0.05, 0) is 49.8 Å². The standard InChI is InChI=1S/C13H18N4S/c1-9-8-12(10(2)17-16-9)13(15-14)6-5-11-4-3-7-18-11/h3-4,7-8,13,15H,5-6,14H2,1-2H3. The van der Waals surface area contributed by atoms with Crippen molar-refractivity contribution < 1.29 is 0 Å². The zero-order chi connectivity index (χ0) is 13.0. The molecule has 0 radical (unpaired) electrons. The molecule has 18 heavy (non-hydrogen) atoms. The molecule has 2 aromatic rings. The Hall–Kier alpha value is -1.30. The predicted molar refractivity (Wildman–Crippen MR) is 74.2 cm³/mol. The zero-order valence-corrected chi connectivity index (χ0v) is 11.5. The van der Waals surface area contributed by atoms with E-state index in [0.717, 1.165) is 29.8 Å². The summed E-state index contributed by atoms with van der Waals surface area (Å²) in [5.74, 6) is 5.67. The predicted octanol–water partition coefficient (Wildman–Crippen LogP) is 2.29. The molecule has 0 saturated heterocycles. The summed E-state index contributed by atoms with van der Waals surface area (Å²) in [5, 5.41) is 10.3. The van der Waals surface area contributed by atoms with Crippen LogP contribution in [0.1, 0.15) is 34.3 Å². The highest BCUT2D eigenvalue weighted by Crippen LogP contribution is 2.22. The number of thiophene rings is 1. The summed E-state index contributed by atoms with van der Waals surface area (Å²) < 4.78 is 0. The van der Waals surface area contributed by atoms with Crippen LogP contribution in [0.25, 0.3) is 0 Å². The maximum absolute atomic E-state index is 5.67. The summed E-state index contributed by atoms with van der Waals surface area (Å²) >= 11 is 1.78. The summed E-state index contributed by atoms with van der Waals surface area (Å²) in [6.45, 7) is 3.92. The van der Waals surface area contributed by atoms with Crippen molar-refractivity contribution in [1.29, 1.82) is 0 Å². The van der Waals surface area contributed by atoms with Crippen LogP contribution >= 0.6 is 11.3 Å². The zero-order valence-electron chi connectivity index (χ0n) is 10.7. The van der Waals surface area contributed by atoms with Gasteiger partial charge in [0.15, 0.2) is 0 Å². The highest BCUT2D eigenvalue weighted by Gasteiger charge is 2.14. The maximum atomic E-state index is 5.67. The lowest BCUT2D eigenvalue weighted by molar-refractivity contribution is 0.511. The minimum Gasteiger partial charge on any atom is -0.271 e. The topological polar surface area (TPSA) is 63.8 Å². The van der Waals surface area contributed by atoms with Gasteiger partial charge in [0.25, 0.3) is 0 Å². The van der Waals surface area contributed by atoms with Gasteiger partial charge in [-0.3, -0.25) is 11.3 Å². The van der Waals surface area contributed by atoms with Gasteiger partial charge in [0, 0.05) is 10.9 Å². The van der Waals surface area contributed by atoms with Crippen molar-refractivity contribution in [3.05, 3.63) is 45.4 Å². The average molecular weight is 262 g/mol. The Morgan fingerprint density at radius 3 is 2.89 bits per heavy atom. The Kier molecular flexibility index (Phi) is 4.41. The van der Waals surface area contributed by atoms with Gasteiger partial charge in [0.1, 0.15) is 0 Å². The van der Waals surface area contributed by atoms with E-state index in [1.54, 1.807) is 11.3 Å². The molecule has 2 aromatic heterocycles. The highest BCUT2D eigenvalue weighted by atomic mass is 32.1. The van der Waals surface area contributed by atoms with Crippen LogP contribution in [0.3, 0.4) is 0 Å². The van der Waals surface area contributed by atoms with Crippen molar-refractivity contribution in [1.82, 2.24) is 15.6 Å². The number of nitrogens with zero attached hydrogens (tertiary/aromatic N) is 2. The first-order chi connectivity index (χ1) is 8.70. The Balaban J connectivity index is 2.10. The smallest absolute Gasteiger partial charge is 0.0648 e. The SMILES string of the molecule is Cc1cc(C(CCc2cccs2)NN)c(C)nn1. The first-order valence-corrected chi connectivity index (χ1v) is 6.88. The van der Waals surface area contributed by atoms with E-state index in [2.05, 4.69) is 39.2 Å². The van der Waals surface area contributed by atoms with Crippen LogP contribution in [0.5, 0.6) is 0 Å². The molecule has 0 aromatic carbocycles. The Morgan fingerprint density at radius 2 is 2.22 bits per heavy atom. The highest BCUT2D eigenvalue weighted by molar-refractivity contribution is 7.09. The number of aryl methyl sites for hydroxylation is 3. The van der Waals surface area contributed by atoms with Gasteiger partial charge in [-0.2, -0.15) is 10.2 Å². The number of nitrogens with one attached hydrogen (secondary N) is 1. The molecular formula is C13H18N4S. The summed E-state index contributed by atoms with van der Waals surface area (Å²) in [5.41, 5.74) is 5.89. The second-order valence-corrected chi connectivity index (χ2v) is 5.40. The van der Waals surface area contributed by atoms with Crippen molar-refractivity contribution in [3.63, 3.8) is 0 Å². The molecule has 3 N–H and O–H groups in total. The lowest BCUT2D eigenvalue weighted by Gasteiger charge is -2.17. The third-order valence-corrected chi connectivity index (χ3v) is 3.91. The van der Waals surface area contributed by atoms with E-state index in [1.165, 1.54) is 4.88 Å². The van der Waals surface area contributed by atoms with E-state index in [0.29, 0.717) is 0 Å². The van der Waals surface area contributed by atoms with Gasteiger partial charge in [0.05, 0.1) is 11.4 Å². The Bertz CT molecular complexity index is 496. The van der Waals surface area contributed by atoms with Gasteiger partial charge in [-0.1, -0.05) is 6.07 Å². The van der Waals surface area contributed by atoms with Crippen molar-refractivity contribution in [2.24, 2.45) is 5.84 Å². The number of hydrazine groups is 1. The summed E-state index contributed by atoms with van der Waals surface area (Å²) in [6, 6.07) is 6.41. The molecule has 0 spiro atoms. The van der Waals surface area contributed by atoms with Gasteiger partial charge in [0.2, 0.25) is 0 Å². The quantitative estimate of drug-likeness (QED) is 0.641. The van der Waals surface area contributed by atoms with E-state index in [9.17, 15) is 0 Å². The number of rotatable bonds is 5. The molecular weight excluding hydrogens is 244 g/mol. The molecule has 2 heterocycles. The normalized spacial score (nSPS) is 12.6. The van der Waals surface area contributed by atoms with Crippen LogP contribution < -0.4 is 11.3 Å². The van der Waals surface area contributed by atoms with Crippen LogP contribution in [0.2, 0.25) is 0 Å². The van der Waals surface area contributed by atoms with Gasteiger partial charge in [-0.25, -0.2) is 0 Å². The molecule has 4 nitrogen and oxygen atoms in total. The molecule has 2 rings (SSSR count). The molecule has 1 unspecified atom stereocenters. The van der Waals surface area contributed by atoms with E-state index in [-0.39, 0.29) is 6.04 Å². The summed E-state index contributed by atoms with van der Waals surface area (Å²) in [7, 11) is 0. The Morgan fingerprint density at radius 1 is 1.39 bits per heavy atom. The van der Waals surface area contributed by atoms with Crippen LogP contribution in [0.15, 0.2) is 23.6 Å². The van der Waals surface area contributed by atoms with Crippen LogP contribution in [-0.4, -0.2) is 10.2 Å². The monoisotopic (exact) mass is 262 g/mol. The molecule has 0 fully saturated rings. The summed E-state index contributed by atoms with van der Waals surface area (Å²) in [4.78, 5) is 1.38. The molecule has 96 valence electrons. The molecule has 0 aliphatic rings. The van der Waals surface area contributed by atoms with Crippen molar-refractivity contribution in [3.8, 4) is 0 Å². The van der Waals surface area contributed by atoms with Gasteiger partial charge < -0.3 is 0 Å². The molecule has 0 bridgehead atoms. The number of hydrogen-bond acceptors (Lipinski definition) is 5. The van der Waals surface area contributed by atoms with Crippen LogP contribution in [0, 0.1) is 13.8 Å². The Labute approximate surface area is 111 Å². The van der Waals surface area contributed by atoms with Crippen molar-refractivity contribution in [2.45, 2.75) is 32.7 Å². The van der Waals surface area contributed by atoms with Crippen molar-refractivity contribution >= 4 is 11.3 Å². The van der Waals surface area contributed by atoms with Crippen molar-refractivity contribution in [2.75, 3.05) is 0 Å².